The van der Waals surface area contributed by atoms with Crippen molar-refractivity contribution >= 4 is 16.8 Å². The molecule has 5 nitrogen and oxygen atoms in total. The van der Waals surface area contributed by atoms with E-state index in [0.29, 0.717) is 0 Å². The third-order valence-electron chi connectivity index (χ3n) is 4.91. The fraction of sp³-hybridized carbons (Fsp3) is 0.0500. The van der Waals surface area contributed by atoms with Gasteiger partial charge in [-0.15, -0.1) is 0 Å². The monoisotopic (exact) mass is 324 g/mol. The number of nitrogens with zero attached hydrogens (tertiary/aromatic N) is 5. The van der Waals surface area contributed by atoms with Crippen molar-refractivity contribution in [2.24, 2.45) is 0 Å². The van der Waals surface area contributed by atoms with Crippen molar-refractivity contribution < 1.29 is 4.57 Å². The van der Waals surface area contributed by atoms with Gasteiger partial charge in [-0.2, -0.15) is 4.40 Å². The second-order valence-electron chi connectivity index (χ2n) is 6.30. The summed E-state index contributed by atoms with van der Waals surface area (Å²) in [6.07, 6.45) is 5.88. The molecule has 25 heavy (non-hydrogen) atoms. The van der Waals surface area contributed by atoms with E-state index in [0.717, 1.165) is 34.7 Å². The van der Waals surface area contributed by atoms with Gasteiger partial charge in [-0.05, 0) is 36.4 Å². The Labute approximate surface area is 143 Å². The first-order valence-electron chi connectivity index (χ1n) is 8.31. The van der Waals surface area contributed by atoms with Crippen molar-refractivity contribution in [3.63, 3.8) is 0 Å². The first-order chi connectivity index (χ1) is 12.4. The molecule has 0 amide bonds. The minimum Gasteiger partial charge on any atom is -0.256 e. The number of hydrogen-bond donors (Lipinski definition) is 0. The maximum Gasteiger partial charge on any atom is 0.261 e. The number of para-hydroxylation sites is 1. The number of pyridine rings is 2. The van der Waals surface area contributed by atoms with Crippen LogP contribution in [0.5, 0.6) is 0 Å². The molecule has 5 heterocycles. The number of aromatic nitrogens is 5. The first-order valence-corrected chi connectivity index (χ1v) is 8.31. The number of fused-ring (bicyclic) bond motifs is 7. The summed E-state index contributed by atoms with van der Waals surface area (Å²) >= 11 is 0. The zero-order chi connectivity index (χ0) is 16.4. The van der Waals surface area contributed by atoms with Crippen LogP contribution in [-0.2, 0) is 6.54 Å². The molecule has 1 aromatic carbocycles. The summed E-state index contributed by atoms with van der Waals surface area (Å²) in [7, 11) is 0. The van der Waals surface area contributed by atoms with E-state index in [1.54, 1.807) is 0 Å². The van der Waals surface area contributed by atoms with Gasteiger partial charge in [-0.1, -0.05) is 18.2 Å². The van der Waals surface area contributed by atoms with E-state index in [2.05, 4.69) is 66.2 Å². The third-order valence-corrected chi connectivity index (χ3v) is 4.91. The summed E-state index contributed by atoms with van der Waals surface area (Å²) in [5.74, 6) is 0. The van der Waals surface area contributed by atoms with Crippen LogP contribution in [0, 0.1) is 0 Å². The molecule has 6 rings (SSSR count). The largest absolute Gasteiger partial charge is 0.261 e. The Morgan fingerprint density at radius 2 is 1.72 bits per heavy atom. The van der Waals surface area contributed by atoms with E-state index in [4.69, 9.17) is 0 Å². The Bertz CT molecular complexity index is 1260. The topological polar surface area (TPSA) is 39.0 Å². The minimum atomic E-state index is 0.809. The van der Waals surface area contributed by atoms with Crippen LogP contribution in [0.3, 0.4) is 0 Å². The summed E-state index contributed by atoms with van der Waals surface area (Å²) in [6.45, 7) is 0.809. The Morgan fingerprint density at radius 1 is 0.880 bits per heavy atom. The van der Waals surface area contributed by atoms with Crippen molar-refractivity contribution in [1.29, 1.82) is 0 Å². The van der Waals surface area contributed by atoms with E-state index in [1.165, 1.54) is 11.3 Å². The standard InChI is InChI=1S/C20H14N5/c1-2-6-14(7-3-1)25-19-17(9-5-11-22-19)24-13-23-12-16-15(8-4-10-21-16)18(23)20(24)25/h1-11,13H,12H2/q+1. The maximum atomic E-state index is 4.67. The lowest BCUT2D eigenvalue weighted by atomic mass is 10.2. The molecular formula is C20H14N5+. The van der Waals surface area contributed by atoms with Crippen molar-refractivity contribution in [3.05, 3.63) is 79.0 Å². The van der Waals surface area contributed by atoms with Gasteiger partial charge < -0.3 is 0 Å². The highest BCUT2D eigenvalue weighted by molar-refractivity contribution is 5.87. The fourth-order valence-electron chi connectivity index (χ4n) is 3.89. The summed E-state index contributed by atoms with van der Waals surface area (Å²) < 4.78 is 6.75. The number of imidazole rings is 2. The fourth-order valence-corrected chi connectivity index (χ4v) is 3.89. The van der Waals surface area contributed by atoms with Gasteiger partial charge in [0.2, 0.25) is 5.69 Å². The SMILES string of the molecule is c1ccc(-n2c3ncccc3n3c[n+]4c(c23)-c2cccnc2C4)cc1. The first kappa shape index (κ1) is 12.9. The average molecular weight is 324 g/mol. The predicted molar refractivity (Wildman–Crippen MR) is 94.6 cm³/mol. The van der Waals surface area contributed by atoms with Crippen LogP contribution in [0.4, 0.5) is 0 Å². The van der Waals surface area contributed by atoms with E-state index in [9.17, 15) is 0 Å². The molecule has 0 aliphatic carbocycles. The van der Waals surface area contributed by atoms with Gasteiger partial charge in [0.25, 0.3) is 12.0 Å². The second-order valence-corrected chi connectivity index (χ2v) is 6.30. The van der Waals surface area contributed by atoms with Crippen LogP contribution in [-0.4, -0.2) is 18.9 Å². The highest BCUT2D eigenvalue weighted by atomic mass is 15.2. The van der Waals surface area contributed by atoms with Crippen LogP contribution >= 0.6 is 0 Å². The Balaban J connectivity index is 1.84. The molecule has 5 heteroatoms. The van der Waals surface area contributed by atoms with Crippen molar-refractivity contribution in [3.8, 4) is 16.9 Å². The molecule has 1 aliphatic heterocycles. The highest BCUT2D eigenvalue weighted by Gasteiger charge is 2.34. The smallest absolute Gasteiger partial charge is 0.256 e. The molecule has 0 radical (unpaired) electrons. The van der Waals surface area contributed by atoms with Gasteiger partial charge in [-0.25, -0.2) is 9.55 Å². The van der Waals surface area contributed by atoms with Gasteiger partial charge in [0.05, 0.1) is 16.9 Å². The molecule has 5 aromatic rings. The number of rotatable bonds is 1. The number of hydrogen-bond acceptors (Lipinski definition) is 2. The Hall–Kier alpha value is -3.47. The van der Waals surface area contributed by atoms with E-state index < -0.39 is 0 Å². The molecule has 118 valence electrons. The van der Waals surface area contributed by atoms with E-state index in [1.807, 2.05) is 30.6 Å². The average Bonchev–Trinajstić information content (AvgIpc) is 3.29. The second kappa shape index (κ2) is 4.54. The quantitative estimate of drug-likeness (QED) is 0.436. The highest BCUT2D eigenvalue weighted by Crippen LogP contribution is 2.34. The Morgan fingerprint density at radius 3 is 2.64 bits per heavy atom. The summed E-state index contributed by atoms with van der Waals surface area (Å²) in [5, 5.41) is 0. The lowest BCUT2D eigenvalue weighted by Crippen LogP contribution is -2.29. The number of benzene rings is 1. The zero-order valence-corrected chi connectivity index (χ0v) is 13.4. The van der Waals surface area contributed by atoms with Crippen LogP contribution < -0.4 is 4.57 Å². The van der Waals surface area contributed by atoms with Gasteiger partial charge in [0.1, 0.15) is 6.54 Å². The van der Waals surface area contributed by atoms with Gasteiger partial charge >= 0.3 is 0 Å². The van der Waals surface area contributed by atoms with Gasteiger partial charge in [0, 0.05) is 12.4 Å². The van der Waals surface area contributed by atoms with E-state index >= 15 is 0 Å². The van der Waals surface area contributed by atoms with E-state index in [-0.39, 0.29) is 0 Å². The molecule has 0 spiro atoms. The molecule has 0 unspecified atom stereocenters. The molecule has 0 N–H and O–H groups in total. The molecule has 0 saturated heterocycles. The molecular weight excluding hydrogens is 310 g/mol. The summed E-state index contributed by atoms with van der Waals surface area (Å²) in [5.41, 5.74) is 7.83. The molecule has 0 fully saturated rings. The molecule has 0 saturated carbocycles. The van der Waals surface area contributed by atoms with Gasteiger partial charge in [-0.3, -0.25) is 9.55 Å². The van der Waals surface area contributed by atoms with Crippen molar-refractivity contribution in [2.45, 2.75) is 6.54 Å². The molecule has 0 atom stereocenters. The molecule has 4 aromatic heterocycles. The molecule has 0 bridgehead atoms. The lowest BCUT2D eigenvalue weighted by molar-refractivity contribution is -0.671. The van der Waals surface area contributed by atoms with Crippen LogP contribution in [0.2, 0.25) is 0 Å². The van der Waals surface area contributed by atoms with Crippen LogP contribution in [0.15, 0.2) is 73.3 Å². The summed E-state index contributed by atoms with van der Waals surface area (Å²) in [6, 6.07) is 18.7. The minimum absolute atomic E-state index is 0.809. The summed E-state index contributed by atoms with van der Waals surface area (Å²) in [4.78, 5) is 9.22. The predicted octanol–water partition coefficient (Wildman–Crippen LogP) is 2.99. The Kier molecular flexibility index (Phi) is 2.34. The normalized spacial score (nSPS) is 12.6. The third kappa shape index (κ3) is 1.59. The van der Waals surface area contributed by atoms with Crippen LogP contribution in [0.25, 0.3) is 33.8 Å². The van der Waals surface area contributed by atoms with Crippen molar-refractivity contribution in [1.82, 2.24) is 18.9 Å². The van der Waals surface area contributed by atoms with Gasteiger partial charge in [0.15, 0.2) is 11.2 Å². The van der Waals surface area contributed by atoms with Crippen LogP contribution in [0.1, 0.15) is 5.69 Å². The lowest BCUT2D eigenvalue weighted by Gasteiger charge is -2.03. The maximum absolute atomic E-state index is 4.67. The molecule has 1 aliphatic rings. The van der Waals surface area contributed by atoms with Crippen molar-refractivity contribution in [2.75, 3.05) is 0 Å². The zero-order valence-electron chi connectivity index (χ0n) is 13.4.